The van der Waals surface area contributed by atoms with Crippen LogP contribution in [0.15, 0.2) is 12.7 Å². The zero-order valence-electron chi connectivity index (χ0n) is 3.27. The van der Waals surface area contributed by atoms with E-state index in [0.717, 1.165) is 6.08 Å². The van der Waals surface area contributed by atoms with Gasteiger partial charge in [0, 0.05) is 26.2 Å². The maximum atomic E-state index is 9.47. The summed E-state index contributed by atoms with van der Waals surface area (Å²) in [4.78, 5) is 9.47. The Labute approximate surface area is 55.5 Å². The monoisotopic (exact) mass is 161 g/mol. The van der Waals surface area contributed by atoms with Gasteiger partial charge in [0.2, 0.25) is 5.91 Å². The molecule has 3 heteroatoms. The van der Waals surface area contributed by atoms with E-state index < -0.39 is 5.91 Å². The summed E-state index contributed by atoms with van der Waals surface area (Å²) in [5.74, 6) is -0.481. The Balaban J connectivity index is 0. The Morgan fingerprint density at radius 2 is 2.00 bits per heavy atom. The van der Waals surface area contributed by atoms with Crippen LogP contribution in [0.1, 0.15) is 0 Å². The van der Waals surface area contributed by atoms with Gasteiger partial charge in [-0.05, 0) is 6.08 Å². The van der Waals surface area contributed by atoms with Crippen LogP contribution in [0.3, 0.4) is 0 Å². The minimum atomic E-state index is -0.481. The number of hydrogen-bond acceptors (Lipinski definition) is 1. The predicted molar refractivity (Wildman–Crippen MR) is 19.4 cm³/mol. The fourth-order valence-corrected chi connectivity index (χ4v) is 0. The van der Waals surface area contributed by atoms with E-state index in [-0.39, 0.29) is 26.2 Å². The molecule has 0 atom stereocenters. The molecule has 0 heterocycles. The zero-order chi connectivity index (χ0) is 4.28. The molecule has 0 saturated carbocycles. The summed E-state index contributed by atoms with van der Waals surface area (Å²) >= 11 is 0. The van der Waals surface area contributed by atoms with Gasteiger partial charge < -0.3 is 5.73 Å². The number of primary amides is 1. The van der Waals surface area contributed by atoms with Gasteiger partial charge in [0.05, 0.1) is 0 Å². The molecule has 0 fully saturated rings. The molecule has 0 aliphatic heterocycles. The summed E-state index contributed by atoms with van der Waals surface area (Å²) in [6.45, 7) is 3.09. The molecule has 2 N–H and O–H groups in total. The third kappa shape index (κ3) is 8.94. The maximum Gasteiger partial charge on any atom is 0.240 e. The molecule has 0 radical (unpaired) electrons. The van der Waals surface area contributed by atoms with Crippen LogP contribution >= 0.6 is 0 Å². The molecular weight excluding hydrogens is 157 g/mol. The predicted octanol–water partition coefficient (Wildman–Crippen LogP) is -0.345. The number of nitrogens with two attached hydrogens (primary N) is 1. The molecule has 0 spiro atoms. The Bertz CT molecular complexity index is 61.8. The topological polar surface area (TPSA) is 43.1 Å². The van der Waals surface area contributed by atoms with Crippen LogP contribution in [-0.4, -0.2) is 5.91 Å². The summed E-state index contributed by atoms with van der Waals surface area (Å²) < 4.78 is 0. The van der Waals surface area contributed by atoms with Crippen molar-refractivity contribution in [3.63, 3.8) is 0 Å². The summed E-state index contributed by atoms with van der Waals surface area (Å²) in [6.07, 6.45) is 1.06. The van der Waals surface area contributed by atoms with Gasteiger partial charge in [-0.3, -0.25) is 4.79 Å². The average Bonchev–Trinajstić information content (AvgIpc) is 1.38. The molecule has 0 bridgehead atoms. The summed E-state index contributed by atoms with van der Waals surface area (Å²) in [6, 6.07) is 0. The molecule has 32 valence electrons. The van der Waals surface area contributed by atoms with Gasteiger partial charge >= 0.3 is 0 Å². The van der Waals surface area contributed by atoms with E-state index in [1.165, 1.54) is 0 Å². The van der Waals surface area contributed by atoms with Crippen molar-refractivity contribution >= 4 is 5.91 Å². The molecular formula is C3H5NOZr. The van der Waals surface area contributed by atoms with Crippen molar-refractivity contribution in [1.29, 1.82) is 0 Å². The largest absolute Gasteiger partial charge is 0.366 e. The van der Waals surface area contributed by atoms with Crippen LogP contribution in [0, 0.1) is 0 Å². The Kier molecular flexibility index (Phi) is 8.01. The maximum absolute atomic E-state index is 9.47. The molecule has 0 unspecified atom stereocenters. The van der Waals surface area contributed by atoms with Crippen molar-refractivity contribution in [3.8, 4) is 0 Å². The Morgan fingerprint density at radius 3 is 2.00 bits per heavy atom. The minimum absolute atomic E-state index is 0. The van der Waals surface area contributed by atoms with Crippen molar-refractivity contribution in [2.24, 2.45) is 5.73 Å². The summed E-state index contributed by atoms with van der Waals surface area (Å²) in [7, 11) is 0. The average molecular weight is 162 g/mol. The van der Waals surface area contributed by atoms with E-state index in [4.69, 9.17) is 0 Å². The summed E-state index contributed by atoms with van der Waals surface area (Å²) in [5, 5.41) is 0. The number of rotatable bonds is 1. The number of carbonyl (C=O) groups is 1. The van der Waals surface area contributed by atoms with Crippen molar-refractivity contribution < 1.29 is 31.0 Å². The zero-order valence-corrected chi connectivity index (χ0v) is 5.73. The molecule has 0 aromatic rings. The van der Waals surface area contributed by atoms with Crippen LogP contribution in [-0.2, 0) is 31.0 Å². The molecule has 0 aromatic heterocycles. The fourth-order valence-electron chi connectivity index (χ4n) is 0. The molecule has 0 aliphatic rings. The Morgan fingerprint density at radius 1 is 1.83 bits per heavy atom. The van der Waals surface area contributed by atoms with E-state index >= 15 is 0 Å². The third-order valence-electron chi connectivity index (χ3n) is 0.201. The molecule has 0 saturated heterocycles. The van der Waals surface area contributed by atoms with Gasteiger partial charge in [0.25, 0.3) is 0 Å². The third-order valence-corrected chi connectivity index (χ3v) is 0.201. The normalized spacial score (nSPS) is 5.33. The van der Waals surface area contributed by atoms with Crippen LogP contribution < -0.4 is 5.73 Å². The van der Waals surface area contributed by atoms with Crippen molar-refractivity contribution in [2.45, 2.75) is 0 Å². The van der Waals surface area contributed by atoms with Crippen molar-refractivity contribution in [3.05, 3.63) is 12.7 Å². The molecule has 0 aliphatic carbocycles. The Hall–Kier alpha value is 0.0931. The van der Waals surface area contributed by atoms with Crippen molar-refractivity contribution in [2.75, 3.05) is 0 Å². The van der Waals surface area contributed by atoms with Crippen LogP contribution in [0.5, 0.6) is 0 Å². The van der Waals surface area contributed by atoms with E-state index in [1.807, 2.05) is 0 Å². The first-order chi connectivity index (χ1) is 2.27. The standard InChI is InChI=1S/C3H5NO.Zr/c1-2-3(4)5;/h2H,1H2,(H2,4,5);. The smallest absolute Gasteiger partial charge is 0.240 e. The first-order valence-electron chi connectivity index (χ1n) is 1.19. The van der Waals surface area contributed by atoms with Gasteiger partial charge in [-0.15, -0.1) is 0 Å². The SMILES string of the molecule is C=CC(N)=O.[Zr]. The first kappa shape index (κ1) is 9.43. The van der Waals surface area contributed by atoms with E-state index in [2.05, 4.69) is 12.3 Å². The second kappa shape index (κ2) is 5.09. The number of carbonyl (C=O) groups excluding carboxylic acids is 1. The first-order valence-corrected chi connectivity index (χ1v) is 1.19. The van der Waals surface area contributed by atoms with Gasteiger partial charge in [0.1, 0.15) is 0 Å². The fraction of sp³-hybridized carbons (Fsp3) is 0. The molecule has 1 amide bonds. The van der Waals surface area contributed by atoms with Gasteiger partial charge in [-0.2, -0.15) is 0 Å². The second-order valence-electron chi connectivity index (χ2n) is 0.606. The molecule has 2 nitrogen and oxygen atoms in total. The molecule has 6 heavy (non-hydrogen) atoms. The minimum Gasteiger partial charge on any atom is -0.366 e. The number of hydrogen-bond donors (Lipinski definition) is 1. The van der Waals surface area contributed by atoms with Crippen LogP contribution in [0.2, 0.25) is 0 Å². The van der Waals surface area contributed by atoms with E-state index in [9.17, 15) is 4.79 Å². The van der Waals surface area contributed by atoms with E-state index in [0.29, 0.717) is 0 Å². The second-order valence-corrected chi connectivity index (χ2v) is 0.606. The van der Waals surface area contributed by atoms with Gasteiger partial charge in [-0.25, -0.2) is 0 Å². The van der Waals surface area contributed by atoms with Crippen LogP contribution in [0.4, 0.5) is 0 Å². The quantitative estimate of drug-likeness (QED) is 0.526. The van der Waals surface area contributed by atoms with Crippen LogP contribution in [0.25, 0.3) is 0 Å². The molecule has 0 rings (SSSR count). The van der Waals surface area contributed by atoms with Crippen molar-refractivity contribution in [1.82, 2.24) is 0 Å². The number of amides is 1. The van der Waals surface area contributed by atoms with E-state index in [1.54, 1.807) is 0 Å². The van der Waals surface area contributed by atoms with Gasteiger partial charge in [0.15, 0.2) is 0 Å². The molecule has 0 aromatic carbocycles. The summed E-state index contributed by atoms with van der Waals surface area (Å²) in [5.41, 5.74) is 4.53. The van der Waals surface area contributed by atoms with Gasteiger partial charge in [-0.1, -0.05) is 6.58 Å².